The van der Waals surface area contributed by atoms with Crippen LogP contribution in [0.3, 0.4) is 0 Å². The first kappa shape index (κ1) is 16.9. The summed E-state index contributed by atoms with van der Waals surface area (Å²) in [6, 6.07) is 10.2. The van der Waals surface area contributed by atoms with Crippen molar-refractivity contribution in [1.29, 1.82) is 0 Å². The first-order chi connectivity index (χ1) is 8.24. The Hall–Kier alpha value is -0.0900. The molecular formula is C15H25IO. The summed E-state index contributed by atoms with van der Waals surface area (Å²) >= 11 is 2.28. The van der Waals surface area contributed by atoms with Gasteiger partial charge < -0.3 is 4.74 Å². The molecule has 98 valence electrons. The van der Waals surface area contributed by atoms with Crippen molar-refractivity contribution in [2.45, 2.75) is 52.6 Å². The van der Waals surface area contributed by atoms with Crippen LogP contribution < -0.4 is 0 Å². The summed E-state index contributed by atoms with van der Waals surface area (Å²) in [7, 11) is 0. The molecule has 0 N–H and O–H groups in total. The molecule has 2 heteroatoms. The van der Waals surface area contributed by atoms with Crippen LogP contribution in [0.4, 0.5) is 0 Å². The zero-order valence-electron chi connectivity index (χ0n) is 11.3. The van der Waals surface area contributed by atoms with Gasteiger partial charge in [0, 0.05) is 10.2 Å². The normalized spacial score (nSPS) is 11.5. The van der Waals surface area contributed by atoms with Gasteiger partial charge in [0.1, 0.15) is 0 Å². The molecule has 0 heterocycles. The third-order valence-corrected chi connectivity index (χ3v) is 3.19. The van der Waals surface area contributed by atoms with E-state index in [0.717, 1.165) is 13.0 Å². The lowest BCUT2D eigenvalue weighted by Gasteiger charge is -2.13. The fourth-order valence-corrected chi connectivity index (χ4v) is 1.90. The van der Waals surface area contributed by atoms with Gasteiger partial charge in [-0.2, -0.15) is 0 Å². The molecule has 0 fully saturated rings. The molecule has 1 unspecified atom stereocenters. The minimum atomic E-state index is 0.518. The molecule has 0 aliphatic rings. The van der Waals surface area contributed by atoms with Gasteiger partial charge in [-0.3, -0.25) is 0 Å². The highest BCUT2D eigenvalue weighted by molar-refractivity contribution is 14.1. The van der Waals surface area contributed by atoms with Crippen LogP contribution in [0.25, 0.3) is 0 Å². The van der Waals surface area contributed by atoms with Crippen LogP contribution in [0.1, 0.15) is 46.5 Å². The van der Waals surface area contributed by atoms with Crippen molar-refractivity contribution in [3.8, 4) is 0 Å². The maximum absolute atomic E-state index is 5.49. The van der Waals surface area contributed by atoms with Crippen molar-refractivity contribution in [3.63, 3.8) is 0 Å². The predicted octanol–water partition coefficient (Wildman–Crippen LogP) is 5.28. The molecule has 0 radical (unpaired) electrons. The van der Waals surface area contributed by atoms with Crippen molar-refractivity contribution in [1.82, 2.24) is 0 Å². The molecule has 1 aromatic rings. The van der Waals surface area contributed by atoms with Gasteiger partial charge >= 0.3 is 0 Å². The standard InChI is InChI=1S/C9H20O.C6H5I/c1-4-7-8-9(5-2)10-6-3;7-6-4-2-1-3-5-6/h9H,4-8H2,1-3H3;1-5H. The fourth-order valence-electron chi connectivity index (χ4n) is 1.49. The Bertz CT molecular complexity index is 248. The number of hydrogen-bond donors (Lipinski definition) is 0. The number of unbranched alkanes of at least 4 members (excludes halogenated alkanes) is 1. The van der Waals surface area contributed by atoms with Gasteiger partial charge in [-0.25, -0.2) is 0 Å². The van der Waals surface area contributed by atoms with E-state index >= 15 is 0 Å². The zero-order valence-corrected chi connectivity index (χ0v) is 13.4. The van der Waals surface area contributed by atoms with Crippen LogP contribution in [-0.2, 0) is 4.74 Å². The van der Waals surface area contributed by atoms with Crippen molar-refractivity contribution < 1.29 is 4.74 Å². The number of rotatable bonds is 6. The molecule has 1 nitrogen and oxygen atoms in total. The molecule has 1 rings (SSSR count). The second kappa shape index (κ2) is 12.4. The number of hydrogen-bond acceptors (Lipinski definition) is 1. The van der Waals surface area contributed by atoms with Crippen LogP contribution >= 0.6 is 22.6 Å². The third kappa shape index (κ3) is 10.8. The van der Waals surface area contributed by atoms with Crippen molar-refractivity contribution in [2.24, 2.45) is 0 Å². The van der Waals surface area contributed by atoms with Gasteiger partial charge in [-0.05, 0) is 54.5 Å². The van der Waals surface area contributed by atoms with E-state index in [1.54, 1.807) is 0 Å². The van der Waals surface area contributed by atoms with E-state index in [1.807, 2.05) is 18.2 Å². The van der Waals surface area contributed by atoms with E-state index in [9.17, 15) is 0 Å². The largest absolute Gasteiger partial charge is 0.379 e. The summed E-state index contributed by atoms with van der Waals surface area (Å²) in [5.41, 5.74) is 0. The fraction of sp³-hybridized carbons (Fsp3) is 0.600. The molecule has 1 atom stereocenters. The Morgan fingerprint density at radius 2 is 1.76 bits per heavy atom. The molecule has 0 aliphatic heterocycles. The summed E-state index contributed by atoms with van der Waals surface area (Å²) in [4.78, 5) is 0. The molecule has 0 saturated carbocycles. The molecule has 0 aromatic heterocycles. The van der Waals surface area contributed by atoms with Gasteiger partial charge in [0.2, 0.25) is 0 Å². The van der Waals surface area contributed by atoms with Gasteiger partial charge in [0.05, 0.1) is 6.10 Å². The van der Waals surface area contributed by atoms with Crippen LogP contribution in [0.15, 0.2) is 30.3 Å². The predicted molar refractivity (Wildman–Crippen MR) is 84.4 cm³/mol. The maximum atomic E-state index is 5.49. The smallest absolute Gasteiger partial charge is 0.0572 e. The topological polar surface area (TPSA) is 9.23 Å². The van der Waals surface area contributed by atoms with Crippen molar-refractivity contribution >= 4 is 22.6 Å². The lowest BCUT2D eigenvalue weighted by Crippen LogP contribution is -2.10. The molecule has 17 heavy (non-hydrogen) atoms. The number of halogens is 1. The second-order valence-electron chi connectivity index (χ2n) is 3.92. The van der Waals surface area contributed by atoms with Gasteiger partial charge in [0.15, 0.2) is 0 Å². The average Bonchev–Trinajstić information content (AvgIpc) is 2.36. The summed E-state index contributed by atoms with van der Waals surface area (Å²) in [5, 5.41) is 0. The minimum Gasteiger partial charge on any atom is -0.379 e. The number of ether oxygens (including phenoxy) is 1. The van der Waals surface area contributed by atoms with E-state index in [2.05, 4.69) is 55.5 Å². The Kier molecular flexibility index (Phi) is 12.3. The van der Waals surface area contributed by atoms with Crippen LogP contribution in [0, 0.1) is 3.57 Å². The molecule has 1 aromatic carbocycles. The van der Waals surface area contributed by atoms with E-state index in [1.165, 1.54) is 22.8 Å². The highest BCUT2D eigenvalue weighted by Gasteiger charge is 2.02. The van der Waals surface area contributed by atoms with E-state index in [4.69, 9.17) is 4.74 Å². The van der Waals surface area contributed by atoms with Gasteiger partial charge in [-0.1, -0.05) is 44.9 Å². The van der Waals surface area contributed by atoms with E-state index in [0.29, 0.717) is 6.10 Å². The van der Waals surface area contributed by atoms with Crippen LogP contribution in [-0.4, -0.2) is 12.7 Å². The molecule has 0 aliphatic carbocycles. The Morgan fingerprint density at radius 3 is 2.12 bits per heavy atom. The second-order valence-corrected chi connectivity index (χ2v) is 5.17. The molecule has 0 amide bonds. The Labute approximate surface area is 120 Å². The lowest BCUT2D eigenvalue weighted by molar-refractivity contribution is 0.0527. The molecule has 0 bridgehead atoms. The summed E-state index contributed by atoms with van der Waals surface area (Å²) < 4.78 is 6.78. The van der Waals surface area contributed by atoms with Gasteiger partial charge in [0.25, 0.3) is 0 Å². The highest BCUT2D eigenvalue weighted by Crippen LogP contribution is 2.07. The van der Waals surface area contributed by atoms with E-state index < -0.39 is 0 Å². The van der Waals surface area contributed by atoms with Gasteiger partial charge in [-0.15, -0.1) is 0 Å². The Morgan fingerprint density at radius 1 is 1.12 bits per heavy atom. The van der Waals surface area contributed by atoms with Crippen molar-refractivity contribution in [3.05, 3.63) is 33.9 Å². The van der Waals surface area contributed by atoms with E-state index in [-0.39, 0.29) is 0 Å². The highest BCUT2D eigenvalue weighted by atomic mass is 127. The molecular weight excluding hydrogens is 323 g/mol. The van der Waals surface area contributed by atoms with Crippen LogP contribution in [0.5, 0.6) is 0 Å². The number of benzene rings is 1. The Balaban J connectivity index is 0.000000318. The summed E-state index contributed by atoms with van der Waals surface area (Å²) in [6.45, 7) is 7.34. The third-order valence-electron chi connectivity index (χ3n) is 2.47. The minimum absolute atomic E-state index is 0.518. The molecule has 0 spiro atoms. The summed E-state index contributed by atoms with van der Waals surface area (Å²) in [5.74, 6) is 0. The zero-order chi connectivity index (χ0) is 12.9. The maximum Gasteiger partial charge on any atom is 0.0572 e. The van der Waals surface area contributed by atoms with Crippen LogP contribution in [0.2, 0.25) is 0 Å². The quantitative estimate of drug-likeness (QED) is 0.636. The molecule has 0 saturated heterocycles. The first-order valence-corrected chi connectivity index (χ1v) is 7.64. The summed E-state index contributed by atoms with van der Waals surface area (Å²) in [6.07, 6.45) is 5.50. The first-order valence-electron chi connectivity index (χ1n) is 6.56. The lowest BCUT2D eigenvalue weighted by atomic mass is 10.1. The average molecular weight is 348 g/mol. The monoisotopic (exact) mass is 348 g/mol. The SMILES string of the molecule is CCCCC(CC)OCC.Ic1ccccc1. The van der Waals surface area contributed by atoms with Crippen molar-refractivity contribution in [2.75, 3.05) is 6.61 Å².